The summed E-state index contributed by atoms with van der Waals surface area (Å²) in [6.45, 7) is 4.23. The molecule has 0 saturated heterocycles. The molecule has 20 heavy (non-hydrogen) atoms. The standard InChI is InChI=1S/C15H14ClN3S/c1-9-7-8-13(20-9)10(2)17-14-11-5-3-4-6-12(11)18-15(16)19-14/h3-8,10H,1-2H3,(H,17,18,19). The zero-order valence-corrected chi connectivity index (χ0v) is 12.8. The summed E-state index contributed by atoms with van der Waals surface area (Å²) in [5.41, 5.74) is 0.851. The molecule has 0 aliphatic rings. The fourth-order valence-corrected chi connectivity index (χ4v) is 3.18. The highest BCUT2D eigenvalue weighted by Gasteiger charge is 2.12. The van der Waals surface area contributed by atoms with Crippen LogP contribution in [-0.2, 0) is 0 Å². The van der Waals surface area contributed by atoms with E-state index in [2.05, 4.69) is 41.3 Å². The monoisotopic (exact) mass is 303 g/mol. The number of rotatable bonds is 3. The summed E-state index contributed by atoms with van der Waals surface area (Å²) in [7, 11) is 0. The van der Waals surface area contributed by atoms with E-state index in [-0.39, 0.29) is 11.3 Å². The van der Waals surface area contributed by atoms with Crippen molar-refractivity contribution in [1.82, 2.24) is 9.97 Å². The molecule has 0 aliphatic heterocycles. The smallest absolute Gasteiger partial charge is 0.224 e. The third kappa shape index (κ3) is 2.62. The maximum atomic E-state index is 6.00. The highest BCUT2D eigenvalue weighted by Crippen LogP contribution is 2.28. The van der Waals surface area contributed by atoms with Crippen molar-refractivity contribution in [2.75, 3.05) is 5.32 Å². The fraction of sp³-hybridized carbons (Fsp3) is 0.200. The second-order valence-electron chi connectivity index (χ2n) is 4.67. The molecule has 1 atom stereocenters. The van der Waals surface area contributed by atoms with E-state index in [1.165, 1.54) is 9.75 Å². The van der Waals surface area contributed by atoms with Crippen molar-refractivity contribution in [1.29, 1.82) is 0 Å². The van der Waals surface area contributed by atoms with Gasteiger partial charge in [-0.25, -0.2) is 9.97 Å². The van der Waals surface area contributed by atoms with Gasteiger partial charge in [-0.1, -0.05) is 12.1 Å². The van der Waals surface area contributed by atoms with Gasteiger partial charge in [0.15, 0.2) is 0 Å². The Balaban J connectivity index is 1.98. The van der Waals surface area contributed by atoms with Gasteiger partial charge in [-0.15, -0.1) is 11.3 Å². The molecule has 0 radical (unpaired) electrons. The van der Waals surface area contributed by atoms with Gasteiger partial charge in [-0.2, -0.15) is 0 Å². The Morgan fingerprint density at radius 1 is 1.15 bits per heavy atom. The summed E-state index contributed by atoms with van der Waals surface area (Å²) >= 11 is 7.78. The van der Waals surface area contributed by atoms with Gasteiger partial charge in [0.1, 0.15) is 5.82 Å². The summed E-state index contributed by atoms with van der Waals surface area (Å²) < 4.78 is 0. The van der Waals surface area contributed by atoms with Crippen molar-refractivity contribution >= 4 is 39.7 Å². The van der Waals surface area contributed by atoms with Crippen LogP contribution in [0.15, 0.2) is 36.4 Å². The zero-order chi connectivity index (χ0) is 14.1. The van der Waals surface area contributed by atoms with Crippen molar-refractivity contribution in [3.63, 3.8) is 0 Å². The van der Waals surface area contributed by atoms with E-state index in [0.29, 0.717) is 0 Å². The first-order valence-corrected chi connectivity index (χ1v) is 7.58. The Labute approximate surface area is 126 Å². The van der Waals surface area contributed by atoms with Gasteiger partial charge >= 0.3 is 0 Å². The van der Waals surface area contributed by atoms with E-state index in [1.54, 1.807) is 11.3 Å². The summed E-state index contributed by atoms with van der Waals surface area (Å²) in [5.74, 6) is 0.777. The van der Waals surface area contributed by atoms with Crippen LogP contribution in [0.25, 0.3) is 10.9 Å². The van der Waals surface area contributed by atoms with Gasteiger partial charge in [0.05, 0.1) is 11.6 Å². The molecule has 0 amide bonds. The number of fused-ring (bicyclic) bond motifs is 1. The molecule has 0 aliphatic carbocycles. The average Bonchev–Trinajstić information content (AvgIpc) is 2.85. The topological polar surface area (TPSA) is 37.8 Å². The summed E-state index contributed by atoms with van der Waals surface area (Å²) in [5, 5.41) is 4.68. The maximum absolute atomic E-state index is 6.00. The molecule has 3 aromatic rings. The third-order valence-corrected chi connectivity index (χ3v) is 4.47. The minimum atomic E-state index is 0.183. The summed E-state index contributed by atoms with van der Waals surface area (Å²) in [6.07, 6.45) is 0. The lowest BCUT2D eigenvalue weighted by Crippen LogP contribution is -2.07. The van der Waals surface area contributed by atoms with Crippen molar-refractivity contribution in [3.8, 4) is 0 Å². The minimum absolute atomic E-state index is 0.183. The number of nitrogens with one attached hydrogen (secondary N) is 1. The van der Waals surface area contributed by atoms with Crippen LogP contribution in [0.3, 0.4) is 0 Å². The van der Waals surface area contributed by atoms with E-state index in [0.717, 1.165) is 16.7 Å². The van der Waals surface area contributed by atoms with E-state index < -0.39 is 0 Å². The molecule has 2 heterocycles. The average molecular weight is 304 g/mol. The lowest BCUT2D eigenvalue weighted by atomic mass is 10.2. The maximum Gasteiger partial charge on any atom is 0.224 e. The predicted octanol–water partition coefficient (Wildman–Crippen LogP) is 4.83. The quantitative estimate of drug-likeness (QED) is 0.704. The number of aryl methyl sites for hydroxylation is 1. The SMILES string of the molecule is Cc1ccc(C(C)Nc2nc(Cl)nc3ccccc23)s1. The molecular weight excluding hydrogens is 290 g/mol. The highest BCUT2D eigenvalue weighted by atomic mass is 35.5. The van der Waals surface area contributed by atoms with Crippen LogP contribution in [0.4, 0.5) is 5.82 Å². The van der Waals surface area contributed by atoms with E-state index in [1.807, 2.05) is 24.3 Å². The first-order valence-electron chi connectivity index (χ1n) is 6.38. The van der Waals surface area contributed by atoms with E-state index >= 15 is 0 Å². The second kappa shape index (κ2) is 5.38. The number of hydrogen-bond acceptors (Lipinski definition) is 4. The van der Waals surface area contributed by atoms with Crippen LogP contribution in [-0.4, -0.2) is 9.97 Å². The number of benzene rings is 1. The zero-order valence-electron chi connectivity index (χ0n) is 11.2. The molecule has 3 nitrogen and oxygen atoms in total. The number of thiophene rings is 1. The number of hydrogen-bond donors (Lipinski definition) is 1. The Kier molecular flexibility index (Phi) is 3.59. The second-order valence-corrected chi connectivity index (χ2v) is 6.33. The Morgan fingerprint density at radius 2 is 1.95 bits per heavy atom. The normalized spacial score (nSPS) is 12.6. The largest absolute Gasteiger partial charge is 0.362 e. The first kappa shape index (κ1) is 13.3. The summed E-state index contributed by atoms with van der Waals surface area (Å²) in [4.78, 5) is 11.1. The lowest BCUT2D eigenvalue weighted by Gasteiger charge is -2.14. The van der Waals surface area contributed by atoms with Crippen molar-refractivity contribution < 1.29 is 0 Å². The Hall–Kier alpha value is -1.65. The molecule has 0 fully saturated rings. The molecule has 102 valence electrons. The molecule has 5 heteroatoms. The van der Waals surface area contributed by atoms with Crippen LogP contribution in [0.1, 0.15) is 22.7 Å². The number of aromatic nitrogens is 2. The van der Waals surface area contributed by atoms with Crippen LogP contribution < -0.4 is 5.32 Å². The van der Waals surface area contributed by atoms with Gasteiger partial charge in [0, 0.05) is 15.1 Å². The first-order chi connectivity index (χ1) is 9.63. The fourth-order valence-electron chi connectivity index (χ4n) is 2.12. The number of anilines is 1. The van der Waals surface area contributed by atoms with E-state index in [9.17, 15) is 0 Å². The molecule has 0 spiro atoms. The molecule has 1 aromatic carbocycles. The Bertz CT molecular complexity index is 754. The van der Waals surface area contributed by atoms with Gasteiger partial charge in [-0.3, -0.25) is 0 Å². The third-order valence-electron chi connectivity index (χ3n) is 3.12. The van der Waals surface area contributed by atoms with Gasteiger partial charge in [0.25, 0.3) is 0 Å². The molecule has 2 aromatic heterocycles. The van der Waals surface area contributed by atoms with Gasteiger partial charge in [0.2, 0.25) is 5.28 Å². The van der Waals surface area contributed by atoms with Crippen LogP contribution >= 0.6 is 22.9 Å². The van der Waals surface area contributed by atoms with Gasteiger partial charge < -0.3 is 5.32 Å². The number of halogens is 1. The lowest BCUT2D eigenvalue weighted by molar-refractivity contribution is 0.898. The van der Waals surface area contributed by atoms with Crippen molar-refractivity contribution in [3.05, 3.63) is 51.4 Å². The van der Waals surface area contributed by atoms with Crippen LogP contribution in [0.5, 0.6) is 0 Å². The molecule has 1 unspecified atom stereocenters. The van der Waals surface area contributed by atoms with E-state index in [4.69, 9.17) is 11.6 Å². The number of nitrogens with zero attached hydrogens (tertiary/aromatic N) is 2. The predicted molar refractivity (Wildman–Crippen MR) is 85.6 cm³/mol. The molecule has 1 N–H and O–H groups in total. The summed E-state index contributed by atoms with van der Waals surface area (Å²) in [6, 6.07) is 12.3. The molecular formula is C15H14ClN3S. The Morgan fingerprint density at radius 3 is 2.70 bits per heavy atom. The molecule has 3 rings (SSSR count). The van der Waals surface area contributed by atoms with Crippen LogP contribution in [0.2, 0.25) is 5.28 Å². The highest BCUT2D eigenvalue weighted by molar-refractivity contribution is 7.12. The van der Waals surface area contributed by atoms with Crippen molar-refractivity contribution in [2.45, 2.75) is 19.9 Å². The van der Waals surface area contributed by atoms with Gasteiger partial charge in [-0.05, 0) is 49.7 Å². The van der Waals surface area contributed by atoms with Crippen molar-refractivity contribution in [2.24, 2.45) is 0 Å². The minimum Gasteiger partial charge on any atom is -0.362 e. The number of para-hydroxylation sites is 1. The van der Waals surface area contributed by atoms with Crippen LogP contribution in [0, 0.1) is 6.92 Å². The molecule has 0 saturated carbocycles. The molecule has 0 bridgehead atoms.